The van der Waals surface area contributed by atoms with E-state index in [1.807, 2.05) is 36.4 Å². The first kappa shape index (κ1) is 15.3. The van der Waals surface area contributed by atoms with Crippen LogP contribution in [0.15, 0.2) is 36.4 Å². The summed E-state index contributed by atoms with van der Waals surface area (Å²) in [5.41, 5.74) is 3.49. The molecule has 0 radical (unpaired) electrons. The van der Waals surface area contributed by atoms with Crippen LogP contribution < -0.4 is 14.2 Å². The summed E-state index contributed by atoms with van der Waals surface area (Å²) in [6.07, 6.45) is 1.96. The summed E-state index contributed by atoms with van der Waals surface area (Å²) in [5.74, 6) is 1.48. The number of sulfonamides is 1. The van der Waals surface area contributed by atoms with Gasteiger partial charge in [-0.15, -0.1) is 0 Å². The average molecular weight is 345 g/mol. The quantitative estimate of drug-likeness (QED) is 0.904. The fourth-order valence-corrected chi connectivity index (χ4v) is 4.33. The van der Waals surface area contributed by atoms with E-state index in [1.165, 1.54) is 0 Å². The van der Waals surface area contributed by atoms with Crippen LogP contribution in [0.25, 0.3) is 0 Å². The third-order valence-corrected chi connectivity index (χ3v) is 5.67. The first-order valence-electron chi connectivity index (χ1n) is 8.11. The number of rotatable bonds is 5. The van der Waals surface area contributed by atoms with Gasteiger partial charge in [0, 0.05) is 24.0 Å². The molecule has 0 aliphatic carbocycles. The minimum atomic E-state index is -3.46. The second kappa shape index (κ2) is 6.02. The molecule has 24 heavy (non-hydrogen) atoms. The maximum absolute atomic E-state index is 12.6. The van der Waals surface area contributed by atoms with Crippen LogP contribution in [-0.4, -0.2) is 27.4 Å². The fraction of sp³-hybridized carbons (Fsp3) is 0.333. The Balaban J connectivity index is 1.59. The molecular weight excluding hydrogens is 326 g/mol. The minimum Gasteiger partial charge on any atom is -0.493 e. The molecule has 5 nitrogen and oxygen atoms in total. The Morgan fingerprint density at radius 2 is 1.83 bits per heavy atom. The van der Waals surface area contributed by atoms with Crippen molar-refractivity contribution in [2.75, 3.05) is 23.7 Å². The Morgan fingerprint density at radius 1 is 1.04 bits per heavy atom. The topological polar surface area (TPSA) is 64.6 Å². The molecule has 0 unspecified atom stereocenters. The monoisotopic (exact) mass is 345 g/mol. The van der Waals surface area contributed by atoms with Gasteiger partial charge < -0.3 is 9.47 Å². The lowest BCUT2D eigenvalue weighted by molar-refractivity contribution is 0.356. The standard InChI is InChI=1S/C18H19NO4S/c20-24(21,11-8-13-4-2-1-3-5-13)19-17-15-7-10-22-16(15)12-14-6-9-23-18(14)17/h1-5,12,19H,6-11H2. The van der Waals surface area contributed by atoms with E-state index in [4.69, 9.17) is 9.47 Å². The van der Waals surface area contributed by atoms with E-state index in [0.29, 0.717) is 37.5 Å². The smallest absolute Gasteiger partial charge is 0.233 e. The van der Waals surface area contributed by atoms with Gasteiger partial charge in [0.15, 0.2) is 0 Å². The van der Waals surface area contributed by atoms with Crippen molar-refractivity contribution in [3.8, 4) is 11.5 Å². The van der Waals surface area contributed by atoms with Crippen molar-refractivity contribution in [1.29, 1.82) is 0 Å². The molecule has 0 amide bonds. The van der Waals surface area contributed by atoms with Crippen LogP contribution in [0.1, 0.15) is 16.7 Å². The van der Waals surface area contributed by atoms with Crippen molar-refractivity contribution in [3.63, 3.8) is 0 Å². The fourth-order valence-electron chi connectivity index (χ4n) is 3.20. The lowest BCUT2D eigenvalue weighted by atomic mass is 10.0. The van der Waals surface area contributed by atoms with Crippen LogP contribution in [-0.2, 0) is 29.3 Å². The minimum absolute atomic E-state index is 0.0380. The summed E-state index contributed by atoms with van der Waals surface area (Å²) in [4.78, 5) is 0. The molecule has 2 heterocycles. The highest BCUT2D eigenvalue weighted by Gasteiger charge is 2.28. The number of nitrogens with one attached hydrogen (secondary N) is 1. The highest BCUT2D eigenvalue weighted by atomic mass is 32.2. The van der Waals surface area contributed by atoms with Gasteiger partial charge in [-0.2, -0.15) is 0 Å². The maximum atomic E-state index is 12.6. The number of hydrogen-bond acceptors (Lipinski definition) is 4. The van der Waals surface area contributed by atoms with Gasteiger partial charge >= 0.3 is 0 Å². The Kier molecular flexibility index (Phi) is 3.84. The molecule has 2 aromatic carbocycles. The van der Waals surface area contributed by atoms with E-state index in [0.717, 1.165) is 28.9 Å². The van der Waals surface area contributed by atoms with Gasteiger partial charge in [-0.3, -0.25) is 4.72 Å². The van der Waals surface area contributed by atoms with Gasteiger partial charge in [0.2, 0.25) is 10.0 Å². The summed E-state index contributed by atoms with van der Waals surface area (Å²) < 4.78 is 39.2. The van der Waals surface area contributed by atoms with Crippen LogP contribution in [0.5, 0.6) is 11.5 Å². The predicted octanol–water partition coefficient (Wildman–Crippen LogP) is 2.54. The number of anilines is 1. The van der Waals surface area contributed by atoms with Crippen LogP contribution in [0, 0.1) is 0 Å². The molecule has 126 valence electrons. The number of fused-ring (bicyclic) bond motifs is 2. The van der Waals surface area contributed by atoms with Crippen LogP contribution in [0.3, 0.4) is 0 Å². The number of hydrogen-bond donors (Lipinski definition) is 1. The van der Waals surface area contributed by atoms with Gasteiger partial charge in [0.25, 0.3) is 0 Å². The zero-order valence-corrected chi connectivity index (χ0v) is 14.1. The molecule has 2 aromatic rings. The zero-order chi connectivity index (χ0) is 16.6. The van der Waals surface area contributed by atoms with Crippen LogP contribution in [0.2, 0.25) is 0 Å². The Morgan fingerprint density at radius 3 is 2.67 bits per heavy atom. The molecule has 0 spiro atoms. The van der Waals surface area contributed by atoms with E-state index in [-0.39, 0.29) is 5.75 Å². The van der Waals surface area contributed by atoms with Crippen molar-refractivity contribution in [2.24, 2.45) is 0 Å². The molecule has 6 heteroatoms. The van der Waals surface area contributed by atoms with E-state index in [1.54, 1.807) is 0 Å². The van der Waals surface area contributed by atoms with Gasteiger partial charge in [-0.25, -0.2) is 8.42 Å². The molecule has 2 aliphatic heterocycles. The zero-order valence-electron chi connectivity index (χ0n) is 13.2. The second-order valence-corrected chi connectivity index (χ2v) is 7.91. The molecule has 0 saturated carbocycles. The van der Waals surface area contributed by atoms with Crippen LogP contribution in [0.4, 0.5) is 5.69 Å². The lowest BCUT2D eigenvalue weighted by Crippen LogP contribution is -2.19. The van der Waals surface area contributed by atoms with Crippen molar-refractivity contribution in [2.45, 2.75) is 19.3 Å². The first-order chi connectivity index (χ1) is 11.6. The van der Waals surface area contributed by atoms with Crippen LogP contribution >= 0.6 is 0 Å². The predicted molar refractivity (Wildman–Crippen MR) is 92.4 cm³/mol. The summed E-state index contributed by atoms with van der Waals surface area (Å²) in [7, 11) is -3.46. The number of aryl methyl sites for hydroxylation is 1. The summed E-state index contributed by atoms with van der Waals surface area (Å²) in [6, 6.07) is 11.6. The lowest BCUT2D eigenvalue weighted by Gasteiger charge is -2.15. The SMILES string of the molecule is O=S(=O)(CCc1ccccc1)Nc1c2c(cc3c1OCC3)OCC2. The van der Waals surface area contributed by atoms with Crippen molar-refractivity contribution in [3.05, 3.63) is 53.1 Å². The van der Waals surface area contributed by atoms with Gasteiger partial charge in [0.05, 0.1) is 24.7 Å². The van der Waals surface area contributed by atoms with Gasteiger partial charge in [0.1, 0.15) is 11.5 Å². The largest absolute Gasteiger partial charge is 0.493 e. The second-order valence-electron chi connectivity index (χ2n) is 6.07. The first-order valence-corrected chi connectivity index (χ1v) is 9.76. The third kappa shape index (κ3) is 2.94. The molecule has 2 aliphatic rings. The van der Waals surface area contributed by atoms with Crippen molar-refractivity contribution < 1.29 is 17.9 Å². The summed E-state index contributed by atoms with van der Waals surface area (Å²) in [5, 5.41) is 0. The molecule has 0 aromatic heterocycles. The third-order valence-electron chi connectivity index (χ3n) is 4.41. The van der Waals surface area contributed by atoms with E-state index < -0.39 is 10.0 Å². The van der Waals surface area contributed by atoms with Gasteiger partial charge in [-0.1, -0.05) is 30.3 Å². The molecule has 0 fully saturated rings. The highest BCUT2D eigenvalue weighted by molar-refractivity contribution is 7.92. The highest BCUT2D eigenvalue weighted by Crippen LogP contribution is 2.44. The van der Waals surface area contributed by atoms with Crippen molar-refractivity contribution >= 4 is 15.7 Å². The van der Waals surface area contributed by atoms with Crippen molar-refractivity contribution in [1.82, 2.24) is 0 Å². The Bertz CT molecular complexity index is 830. The molecule has 0 atom stereocenters. The summed E-state index contributed by atoms with van der Waals surface area (Å²) >= 11 is 0. The maximum Gasteiger partial charge on any atom is 0.233 e. The molecule has 1 N–H and O–H groups in total. The molecular formula is C18H19NO4S. The average Bonchev–Trinajstić information content (AvgIpc) is 3.22. The van der Waals surface area contributed by atoms with E-state index in [9.17, 15) is 8.42 Å². The van der Waals surface area contributed by atoms with Gasteiger partial charge in [-0.05, 0) is 18.1 Å². The Hall–Kier alpha value is -2.21. The number of ether oxygens (including phenoxy) is 2. The normalized spacial score (nSPS) is 15.3. The molecule has 4 rings (SSSR count). The number of benzene rings is 2. The van der Waals surface area contributed by atoms with E-state index >= 15 is 0 Å². The van der Waals surface area contributed by atoms with E-state index in [2.05, 4.69) is 4.72 Å². The Labute approximate surface area is 141 Å². The summed E-state index contributed by atoms with van der Waals surface area (Å²) in [6.45, 7) is 1.16. The molecule has 0 saturated heterocycles. The molecule has 0 bridgehead atoms.